The molecular weight excluding hydrogens is 430 g/mol. The fraction of sp³-hybridized carbons (Fsp3) is 0.368. The van der Waals surface area contributed by atoms with Gasteiger partial charge in [0.05, 0.1) is 11.4 Å². The maximum atomic E-state index is 14.1. The Balaban J connectivity index is 1.92. The molecule has 1 aliphatic heterocycles. The van der Waals surface area contributed by atoms with Crippen LogP contribution in [0.15, 0.2) is 46.8 Å². The Morgan fingerprint density at radius 3 is 2.52 bits per heavy atom. The summed E-state index contributed by atoms with van der Waals surface area (Å²) in [5.41, 5.74) is 1.19. The van der Waals surface area contributed by atoms with Gasteiger partial charge >= 0.3 is 6.18 Å². The molecule has 0 saturated carbocycles. The van der Waals surface area contributed by atoms with Crippen LogP contribution in [-0.2, 0) is 15.2 Å². The van der Waals surface area contributed by atoms with E-state index >= 15 is 0 Å². The highest BCUT2D eigenvalue weighted by Gasteiger charge is 2.62. The molecule has 1 aromatic carbocycles. The number of carbonyl (C=O) groups is 1. The van der Waals surface area contributed by atoms with Crippen molar-refractivity contribution in [3.05, 3.63) is 57.2 Å². The van der Waals surface area contributed by atoms with Gasteiger partial charge in [0.1, 0.15) is 0 Å². The average Bonchev–Trinajstić information content (AvgIpc) is 3.07. The van der Waals surface area contributed by atoms with Crippen molar-refractivity contribution in [3.63, 3.8) is 0 Å². The quantitative estimate of drug-likeness (QED) is 0.652. The van der Waals surface area contributed by atoms with Gasteiger partial charge in [0.15, 0.2) is 0 Å². The number of likely N-dealkylation sites (N-methyl/N-ethyl adjacent to an activating group) is 1. The van der Waals surface area contributed by atoms with E-state index in [4.69, 9.17) is 28.0 Å². The topological polar surface area (TPSA) is 53.9 Å². The smallest absolute Gasteiger partial charge is 0.374 e. The fourth-order valence-electron chi connectivity index (χ4n) is 3.31. The molecular formula is C19H18Cl2F3N3O2. The molecule has 3 rings (SSSR count). The summed E-state index contributed by atoms with van der Waals surface area (Å²) in [5.74, 6) is -0.260. The van der Waals surface area contributed by atoms with Crippen LogP contribution >= 0.6 is 23.2 Å². The second kappa shape index (κ2) is 7.91. The van der Waals surface area contributed by atoms with Gasteiger partial charge in [-0.15, -0.1) is 0 Å². The summed E-state index contributed by atoms with van der Waals surface area (Å²) in [6.07, 6.45) is -0.582. The molecule has 0 radical (unpaired) electrons. The van der Waals surface area contributed by atoms with Crippen LogP contribution in [0.2, 0.25) is 10.0 Å². The molecule has 0 spiro atoms. The summed E-state index contributed by atoms with van der Waals surface area (Å²) in [5, 5.41) is 5.44. The maximum absolute atomic E-state index is 14.1. The van der Waals surface area contributed by atoms with Crippen molar-refractivity contribution in [2.24, 2.45) is 5.16 Å². The van der Waals surface area contributed by atoms with Gasteiger partial charge in [-0.2, -0.15) is 13.2 Å². The molecule has 156 valence electrons. The predicted octanol–water partition coefficient (Wildman–Crippen LogP) is 5.11. The molecule has 5 nitrogen and oxygen atoms in total. The van der Waals surface area contributed by atoms with Gasteiger partial charge in [0.25, 0.3) is 5.60 Å². The van der Waals surface area contributed by atoms with Gasteiger partial charge in [-0.3, -0.25) is 15.2 Å². The van der Waals surface area contributed by atoms with Gasteiger partial charge < -0.3 is 4.84 Å². The summed E-state index contributed by atoms with van der Waals surface area (Å²) in [6, 6.07) is 3.72. The Hall–Kier alpha value is -2.19. The van der Waals surface area contributed by atoms with E-state index in [9.17, 15) is 18.0 Å². The lowest BCUT2D eigenvalue weighted by atomic mass is 9.85. The Morgan fingerprint density at radius 2 is 1.93 bits per heavy atom. The normalized spacial score (nSPS) is 21.7. The molecule has 0 fully saturated rings. The van der Waals surface area contributed by atoms with E-state index in [2.05, 4.69) is 10.6 Å². The SMILES string of the molecule is CC(=O)NN(C)C1=CCCC(C2=NOC(c3cc(Cl)cc(Cl)c3)(C(F)(F)F)C2)=C1. The van der Waals surface area contributed by atoms with Crippen molar-refractivity contribution in [1.82, 2.24) is 10.4 Å². The van der Waals surface area contributed by atoms with Crippen molar-refractivity contribution in [2.75, 3.05) is 7.05 Å². The highest BCUT2D eigenvalue weighted by atomic mass is 35.5. The van der Waals surface area contributed by atoms with Crippen LogP contribution in [0.1, 0.15) is 31.7 Å². The number of hydrogen-bond donors (Lipinski definition) is 1. The van der Waals surface area contributed by atoms with Crippen molar-refractivity contribution < 1.29 is 22.8 Å². The minimum Gasteiger partial charge on any atom is -0.374 e. The zero-order valence-electron chi connectivity index (χ0n) is 15.6. The van der Waals surface area contributed by atoms with E-state index < -0.39 is 18.2 Å². The van der Waals surface area contributed by atoms with Gasteiger partial charge in [0.2, 0.25) is 5.91 Å². The molecule has 1 unspecified atom stereocenters. The van der Waals surface area contributed by atoms with Gasteiger partial charge in [-0.25, -0.2) is 0 Å². The number of halogens is 5. The number of hydrogen-bond acceptors (Lipinski definition) is 4. The van der Waals surface area contributed by atoms with Crippen LogP contribution in [0, 0.1) is 0 Å². The van der Waals surface area contributed by atoms with Crippen LogP contribution in [0.5, 0.6) is 0 Å². The van der Waals surface area contributed by atoms with Crippen LogP contribution in [-0.4, -0.2) is 29.9 Å². The molecule has 1 heterocycles. The van der Waals surface area contributed by atoms with Gasteiger partial charge in [0, 0.05) is 36.0 Å². The molecule has 29 heavy (non-hydrogen) atoms. The lowest BCUT2D eigenvalue weighted by molar-refractivity contribution is -0.275. The molecule has 1 atom stereocenters. The van der Waals surface area contributed by atoms with Crippen LogP contribution in [0.3, 0.4) is 0 Å². The summed E-state index contributed by atoms with van der Waals surface area (Å²) in [4.78, 5) is 16.3. The number of hydrazine groups is 1. The fourth-order valence-corrected chi connectivity index (χ4v) is 3.84. The molecule has 1 aliphatic carbocycles. The molecule has 0 saturated heterocycles. The first kappa shape index (κ1) is 21.5. The van der Waals surface area contributed by atoms with Crippen LogP contribution < -0.4 is 5.43 Å². The number of amides is 1. The van der Waals surface area contributed by atoms with Crippen molar-refractivity contribution >= 4 is 34.8 Å². The first-order chi connectivity index (χ1) is 13.5. The number of rotatable bonds is 4. The highest BCUT2D eigenvalue weighted by molar-refractivity contribution is 6.34. The number of carbonyl (C=O) groups excluding carboxylic acids is 1. The van der Waals surface area contributed by atoms with Crippen LogP contribution in [0.25, 0.3) is 0 Å². The summed E-state index contributed by atoms with van der Waals surface area (Å²) in [7, 11) is 1.65. The average molecular weight is 448 g/mol. The lowest BCUT2D eigenvalue weighted by Gasteiger charge is -2.30. The van der Waals surface area contributed by atoms with Crippen molar-refractivity contribution in [1.29, 1.82) is 0 Å². The number of oxime groups is 1. The minimum atomic E-state index is -4.74. The Kier molecular flexibility index (Phi) is 5.87. The lowest BCUT2D eigenvalue weighted by Crippen LogP contribution is -2.42. The molecule has 1 aromatic rings. The van der Waals surface area contributed by atoms with Crippen molar-refractivity contribution in [3.8, 4) is 0 Å². The van der Waals surface area contributed by atoms with E-state index in [1.165, 1.54) is 30.1 Å². The standard InChI is InChI=1S/C19H18Cl2F3N3O2/c1-11(28)25-27(2)16-5-3-4-12(6-16)17-10-18(29-26-17,19(22,23)24)13-7-14(20)9-15(21)8-13/h5-9H,3-4,10H2,1-2H3,(H,25,28). The molecule has 1 amide bonds. The first-order valence-corrected chi connectivity index (χ1v) is 9.48. The third-order valence-corrected chi connectivity index (χ3v) is 5.12. The number of nitrogens with zero attached hydrogens (tertiary/aromatic N) is 2. The summed E-state index contributed by atoms with van der Waals surface area (Å²) >= 11 is 11.8. The predicted molar refractivity (Wildman–Crippen MR) is 104 cm³/mol. The van der Waals surface area contributed by atoms with E-state index in [-0.39, 0.29) is 27.2 Å². The molecule has 0 aromatic heterocycles. The third-order valence-electron chi connectivity index (χ3n) is 4.69. The van der Waals surface area contributed by atoms with Crippen molar-refractivity contribution in [2.45, 2.75) is 38.0 Å². The van der Waals surface area contributed by atoms with E-state index in [0.717, 1.165) is 0 Å². The number of allylic oxidation sites excluding steroid dienone is 3. The van der Waals surface area contributed by atoms with E-state index in [1.807, 2.05) is 6.08 Å². The zero-order chi connectivity index (χ0) is 21.4. The number of alkyl halides is 3. The molecule has 1 N–H and O–H groups in total. The monoisotopic (exact) mass is 447 g/mol. The minimum absolute atomic E-state index is 0.0761. The first-order valence-electron chi connectivity index (χ1n) is 8.72. The Bertz CT molecular complexity index is 908. The second-order valence-corrected chi connectivity index (χ2v) is 7.73. The van der Waals surface area contributed by atoms with Crippen LogP contribution in [0.4, 0.5) is 13.2 Å². The maximum Gasteiger partial charge on any atom is 0.435 e. The zero-order valence-corrected chi connectivity index (χ0v) is 17.1. The highest BCUT2D eigenvalue weighted by Crippen LogP contribution is 2.50. The third kappa shape index (κ3) is 4.38. The number of nitrogens with one attached hydrogen (secondary N) is 1. The summed E-state index contributed by atoms with van der Waals surface area (Å²) in [6.45, 7) is 1.37. The molecule has 0 bridgehead atoms. The second-order valence-electron chi connectivity index (χ2n) is 6.85. The Labute approximate surface area is 175 Å². The van der Waals surface area contributed by atoms with E-state index in [1.54, 1.807) is 13.1 Å². The molecule has 2 aliphatic rings. The van der Waals surface area contributed by atoms with E-state index in [0.29, 0.717) is 24.1 Å². The van der Waals surface area contributed by atoms with Gasteiger partial charge in [-0.05, 0) is 42.7 Å². The molecule has 10 heteroatoms. The number of benzene rings is 1. The summed E-state index contributed by atoms with van der Waals surface area (Å²) < 4.78 is 42.2. The Morgan fingerprint density at radius 1 is 1.28 bits per heavy atom. The van der Waals surface area contributed by atoms with Gasteiger partial charge in [-0.1, -0.05) is 34.4 Å². The largest absolute Gasteiger partial charge is 0.435 e.